The van der Waals surface area contributed by atoms with Crippen molar-refractivity contribution >= 4 is 52.6 Å². The van der Waals surface area contributed by atoms with E-state index >= 15 is 0 Å². The fraction of sp³-hybridized carbons (Fsp3) is 0. The second kappa shape index (κ2) is 6.28. The van der Waals surface area contributed by atoms with Crippen LogP contribution < -0.4 is 10.2 Å². The Hall–Kier alpha value is -1.95. The first-order chi connectivity index (χ1) is 11.0. The van der Waals surface area contributed by atoms with Crippen LogP contribution in [0.3, 0.4) is 0 Å². The minimum atomic E-state index is -0.533. The third-order valence-corrected chi connectivity index (χ3v) is 4.93. The highest BCUT2D eigenvalue weighted by Crippen LogP contribution is 2.37. The summed E-state index contributed by atoms with van der Waals surface area (Å²) in [6.45, 7) is 3.60. The predicted molar refractivity (Wildman–Crippen MR) is 92.2 cm³/mol. The van der Waals surface area contributed by atoms with Crippen molar-refractivity contribution in [3.8, 4) is 0 Å². The molecule has 0 spiro atoms. The van der Waals surface area contributed by atoms with Crippen LogP contribution >= 0.6 is 35.0 Å². The fourth-order valence-corrected chi connectivity index (χ4v) is 3.30. The van der Waals surface area contributed by atoms with E-state index in [0.717, 1.165) is 9.79 Å². The number of urea groups is 1. The number of rotatable bonds is 3. The van der Waals surface area contributed by atoms with Gasteiger partial charge in [0, 0.05) is 14.8 Å². The monoisotopic (exact) mass is 364 g/mol. The standard InChI is InChI=1S/C16H10Cl2N2O2S/c1-9-15(21)19-16(22)20(9)11-4-7-14(13(18)8-11)23-12-5-2-10(17)3-6-12/h2-8H,1H2,(H,19,21,22). The second-order valence-corrected chi connectivity index (χ2v) is 6.67. The molecule has 2 aromatic rings. The van der Waals surface area contributed by atoms with Crippen LogP contribution in [0, 0.1) is 0 Å². The first-order valence-electron chi connectivity index (χ1n) is 6.53. The van der Waals surface area contributed by atoms with E-state index in [0.29, 0.717) is 15.7 Å². The Morgan fingerprint density at radius 1 is 1.04 bits per heavy atom. The molecule has 0 aliphatic carbocycles. The number of amides is 3. The lowest BCUT2D eigenvalue weighted by Gasteiger charge is -2.15. The molecule has 23 heavy (non-hydrogen) atoms. The lowest BCUT2D eigenvalue weighted by molar-refractivity contribution is -0.115. The van der Waals surface area contributed by atoms with Crippen LogP contribution in [0.1, 0.15) is 0 Å². The third-order valence-electron chi connectivity index (χ3n) is 3.17. The van der Waals surface area contributed by atoms with Crippen molar-refractivity contribution in [1.82, 2.24) is 5.32 Å². The van der Waals surface area contributed by atoms with Gasteiger partial charge in [0.1, 0.15) is 5.70 Å². The number of hydrogen-bond donors (Lipinski definition) is 1. The van der Waals surface area contributed by atoms with Gasteiger partial charge in [0.15, 0.2) is 0 Å². The molecule has 0 saturated carbocycles. The number of benzene rings is 2. The van der Waals surface area contributed by atoms with Crippen molar-refractivity contribution in [3.63, 3.8) is 0 Å². The Balaban J connectivity index is 1.86. The average molecular weight is 365 g/mol. The Morgan fingerprint density at radius 3 is 2.30 bits per heavy atom. The Labute approximate surface area is 147 Å². The van der Waals surface area contributed by atoms with Crippen LogP contribution in [-0.4, -0.2) is 11.9 Å². The molecule has 2 aromatic carbocycles. The van der Waals surface area contributed by atoms with Gasteiger partial charge in [-0.25, -0.2) is 4.79 Å². The van der Waals surface area contributed by atoms with Crippen LogP contribution in [-0.2, 0) is 4.79 Å². The number of nitrogens with zero attached hydrogens (tertiary/aromatic N) is 1. The van der Waals surface area contributed by atoms with Gasteiger partial charge < -0.3 is 0 Å². The number of carbonyl (C=O) groups excluding carboxylic acids is 2. The molecule has 1 fully saturated rings. The molecule has 1 heterocycles. The third kappa shape index (κ3) is 3.22. The molecule has 0 unspecified atom stereocenters. The summed E-state index contributed by atoms with van der Waals surface area (Å²) in [5, 5.41) is 3.32. The molecule has 1 N–H and O–H groups in total. The highest BCUT2D eigenvalue weighted by Gasteiger charge is 2.32. The first kappa shape index (κ1) is 15.9. The van der Waals surface area contributed by atoms with Crippen molar-refractivity contribution in [3.05, 3.63) is 64.8 Å². The van der Waals surface area contributed by atoms with E-state index in [9.17, 15) is 9.59 Å². The summed E-state index contributed by atoms with van der Waals surface area (Å²) >= 11 is 13.6. The van der Waals surface area contributed by atoms with Crippen molar-refractivity contribution in [2.45, 2.75) is 9.79 Å². The summed E-state index contributed by atoms with van der Waals surface area (Å²) in [6, 6.07) is 12.0. The molecule has 0 atom stereocenters. The van der Waals surface area contributed by atoms with Gasteiger partial charge in [-0.05, 0) is 42.5 Å². The summed E-state index contributed by atoms with van der Waals surface area (Å²) in [5.74, 6) is -0.509. The van der Waals surface area contributed by atoms with Gasteiger partial charge >= 0.3 is 6.03 Å². The zero-order valence-electron chi connectivity index (χ0n) is 11.7. The van der Waals surface area contributed by atoms with Crippen LogP contribution in [0.25, 0.3) is 0 Å². The van der Waals surface area contributed by atoms with Crippen molar-refractivity contribution in [2.75, 3.05) is 4.90 Å². The van der Waals surface area contributed by atoms with Crippen molar-refractivity contribution in [1.29, 1.82) is 0 Å². The number of halogens is 2. The highest BCUT2D eigenvalue weighted by atomic mass is 35.5. The van der Waals surface area contributed by atoms with E-state index in [1.807, 2.05) is 12.1 Å². The zero-order valence-corrected chi connectivity index (χ0v) is 14.0. The summed E-state index contributed by atoms with van der Waals surface area (Å²) < 4.78 is 0. The van der Waals surface area contributed by atoms with Gasteiger partial charge in [0.05, 0.1) is 10.7 Å². The predicted octanol–water partition coefficient (Wildman–Crippen LogP) is 4.71. The maximum atomic E-state index is 11.8. The van der Waals surface area contributed by atoms with Crippen LogP contribution in [0.15, 0.2) is 64.5 Å². The molecule has 3 rings (SSSR count). The minimum Gasteiger partial charge on any atom is -0.272 e. The second-order valence-electron chi connectivity index (χ2n) is 4.71. The van der Waals surface area contributed by atoms with Crippen molar-refractivity contribution < 1.29 is 9.59 Å². The molecule has 0 bridgehead atoms. The highest BCUT2D eigenvalue weighted by molar-refractivity contribution is 7.99. The number of carbonyl (C=O) groups is 2. The van der Waals surface area contributed by atoms with Gasteiger partial charge in [-0.15, -0.1) is 0 Å². The molecule has 7 heteroatoms. The number of nitrogens with one attached hydrogen (secondary N) is 1. The van der Waals surface area contributed by atoms with E-state index in [1.165, 1.54) is 16.7 Å². The molecule has 1 saturated heterocycles. The summed E-state index contributed by atoms with van der Waals surface area (Å²) in [5.41, 5.74) is 0.563. The van der Waals surface area contributed by atoms with Crippen LogP contribution in [0.2, 0.25) is 10.0 Å². The molecule has 116 valence electrons. The molecular formula is C16H10Cl2N2O2S. The smallest absolute Gasteiger partial charge is 0.272 e. The topological polar surface area (TPSA) is 49.4 Å². The van der Waals surface area contributed by atoms with Crippen LogP contribution in [0.5, 0.6) is 0 Å². The van der Waals surface area contributed by atoms with Gasteiger partial charge in [-0.2, -0.15) is 0 Å². The van der Waals surface area contributed by atoms with Gasteiger partial charge in [0.2, 0.25) is 0 Å². The molecule has 3 amide bonds. The average Bonchev–Trinajstić information content (AvgIpc) is 2.76. The molecular weight excluding hydrogens is 355 g/mol. The summed E-state index contributed by atoms with van der Waals surface area (Å²) in [4.78, 5) is 26.3. The number of anilines is 1. The largest absolute Gasteiger partial charge is 0.333 e. The fourth-order valence-electron chi connectivity index (χ4n) is 2.06. The van der Waals surface area contributed by atoms with E-state index < -0.39 is 11.9 Å². The number of imide groups is 1. The first-order valence-corrected chi connectivity index (χ1v) is 8.10. The maximum absolute atomic E-state index is 11.8. The van der Waals surface area contributed by atoms with Crippen molar-refractivity contribution in [2.24, 2.45) is 0 Å². The van der Waals surface area contributed by atoms with Crippen LogP contribution in [0.4, 0.5) is 10.5 Å². The van der Waals surface area contributed by atoms with E-state index in [-0.39, 0.29) is 5.70 Å². The zero-order chi connectivity index (χ0) is 16.6. The van der Waals surface area contributed by atoms with Gasteiger partial charge in [-0.3, -0.25) is 15.0 Å². The summed E-state index contributed by atoms with van der Waals surface area (Å²) in [7, 11) is 0. The molecule has 1 aliphatic heterocycles. The Kier molecular flexibility index (Phi) is 4.35. The SMILES string of the molecule is C=C1C(=O)NC(=O)N1c1ccc(Sc2ccc(Cl)cc2)c(Cl)c1. The van der Waals surface area contributed by atoms with E-state index in [4.69, 9.17) is 23.2 Å². The minimum absolute atomic E-state index is 0.0733. The molecule has 0 aromatic heterocycles. The normalized spacial score (nSPS) is 14.3. The van der Waals surface area contributed by atoms with E-state index in [1.54, 1.807) is 30.3 Å². The number of hydrogen-bond acceptors (Lipinski definition) is 3. The molecule has 0 radical (unpaired) electrons. The maximum Gasteiger partial charge on any atom is 0.333 e. The van der Waals surface area contributed by atoms with Gasteiger partial charge in [0.25, 0.3) is 5.91 Å². The quantitative estimate of drug-likeness (QED) is 0.633. The Morgan fingerprint density at radius 2 is 1.74 bits per heavy atom. The molecule has 1 aliphatic rings. The molecule has 4 nitrogen and oxygen atoms in total. The summed E-state index contributed by atoms with van der Waals surface area (Å²) in [6.07, 6.45) is 0. The van der Waals surface area contributed by atoms with E-state index in [2.05, 4.69) is 11.9 Å². The van der Waals surface area contributed by atoms with Gasteiger partial charge in [-0.1, -0.05) is 41.5 Å². The lowest BCUT2D eigenvalue weighted by Crippen LogP contribution is -2.27. The Bertz CT molecular complexity index is 821. The lowest BCUT2D eigenvalue weighted by atomic mass is 10.3.